The third-order valence-electron chi connectivity index (χ3n) is 1.88. The molecule has 1 atom stereocenters. The number of hydrogen-bond donors (Lipinski definition) is 1. The Morgan fingerprint density at radius 2 is 2.38 bits per heavy atom. The van der Waals surface area contributed by atoms with Gasteiger partial charge in [0.15, 0.2) is 0 Å². The molecule has 0 aromatic heterocycles. The lowest BCUT2D eigenvalue weighted by Gasteiger charge is -2.12. The molecule has 0 aromatic rings. The summed E-state index contributed by atoms with van der Waals surface area (Å²) in [7, 11) is 0. The zero-order valence-electron chi connectivity index (χ0n) is 7.60. The molecule has 0 saturated carbocycles. The number of carbonyl (C=O) groups excluding carboxylic acids is 1. The Bertz CT molecular complexity index is 199. The maximum absolute atomic E-state index is 11.3. The van der Waals surface area contributed by atoms with Gasteiger partial charge in [0, 0.05) is 25.2 Å². The predicted octanol–water partition coefficient (Wildman–Crippen LogP) is 0.844. The van der Waals surface area contributed by atoms with Crippen LogP contribution in [0.25, 0.3) is 0 Å². The Morgan fingerprint density at radius 1 is 1.69 bits per heavy atom. The summed E-state index contributed by atoms with van der Waals surface area (Å²) in [6, 6.07) is 0.177. The first-order valence-corrected chi connectivity index (χ1v) is 5.26. The van der Waals surface area contributed by atoms with Crippen molar-refractivity contribution in [3.05, 3.63) is 11.5 Å². The molecule has 5 heteroatoms. The molecule has 1 amide bonds. The van der Waals surface area contributed by atoms with Crippen molar-refractivity contribution in [2.45, 2.75) is 12.5 Å². The van der Waals surface area contributed by atoms with Crippen LogP contribution in [0.5, 0.6) is 0 Å². The van der Waals surface area contributed by atoms with Gasteiger partial charge in [0.2, 0.25) is 5.91 Å². The standard InChI is InChI=1S/C8H14N2OS.ClH/c1-12-5-3-8(11)10-4-2-7(9)6-10;/h3,5,7H,2,4,6,9H2,1H3;1H/b5-3+;/t7-;/m1./s1. The number of amides is 1. The van der Waals surface area contributed by atoms with Gasteiger partial charge < -0.3 is 10.6 Å². The number of hydrogen-bond acceptors (Lipinski definition) is 3. The first-order chi connectivity index (χ1) is 5.74. The van der Waals surface area contributed by atoms with E-state index in [0.29, 0.717) is 6.54 Å². The molecule has 0 spiro atoms. The van der Waals surface area contributed by atoms with Crippen molar-refractivity contribution in [1.29, 1.82) is 0 Å². The smallest absolute Gasteiger partial charge is 0.247 e. The van der Waals surface area contributed by atoms with E-state index < -0.39 is 0 Å². The van der Waals surface area contributed by atoms with E-state index in [9.17, 15) is 4.79 Å². The molecular formula is C8H15ClN2OS. The minimum absolute atomic E-state index is 0. The van der Waals surface area contributed by atoms with Gasteiger partial charge in [-0.15, -0.1) is 24.2 Å². The fraction of sp³-hybridized carbons (Fsp3) is 0.625. The summed E-state index contributed by atoms with van der Waals surface area (Å²) in [5.74, 6) is 0.0808. The summed E-state index contributed by atoms with van der Waals surface area (Å²) in [5.41, 5.74) is 5.67. The molecule has 1 saturated heterocycles. The van der Waals surface area contributed by atoms with Crippen molar-refractivity contribution < 1.29 is 4.79 Å². The van der Waals surface area contributed by atoms with Crippen LogP contribution in [0, 0.1) is 0 Å². The van der Waals surface area contributed by atoms with Gasteiger partial charge in [0.25, 0.3) is 0 Å². The number of likely N-dealkylation sites (tertiary alicyclic amines) is 1. The third-order valence-corrected chi connectivity index (χ3v) is 2.29. The van der Waals surface area contributed by atoms with Crippen molar-refractivity contribution in [3.63, 3.8) is 0 Å². The Labute approximate surface area is 89.1 Å². The van der Waals surface area contributed by atoms with E-state index in [0.717, 1.165) is 13.0 Å². The normalized spacial score (nSPS) is 22.0. The van der Waals surface area contributed by atoms with Gasteiger partial charge in [-0.25, -0.2) is 0 Å². The third kappa shape index (κ3) is 4.02. The fourth-order valence-corrected chi connectivity index (χ4v) is 1.47. The molecule has 2 N–H and O–H groups in total. The summed E-state index contributed by atoms with van der Waals surface area (Å²) >= 11 is 1.53. The Balaban J connectivity index is 0.00000144. The molecule has 1 aliphatic rings. The van der Waals surface area contributed by atoms with Crippen molar-refractivity contribution in [2.75, 3.05) is 19.3 Å². The predicted molar refractivity (Wildman–Crippen MR) is 59.1 cm³/mol. The molecule has 13 heavy (non-hydrogen) atoms. The largest absolute Gasteiger partial charge is 0.338 e. The second kappa shape index (κ2) is 6.29. The average Bonchev–Trinajstić information content (AvgIpc) is 2.47. The topological polar surface area (TPSA) is 46.3 Å². The molecule has 3 nitrogen and oxygen atoms in total. The van der Waals surface area contributed by atoms with Gasteiger partial charge in [0.05, 0.1) is 0 Å². The highest BCUT2D eigenvalue weighted by Gasteiger charge is 2.21. The van der Waals surface area contributed by atoms with E-state index in [2.05, 4.69) is 0 Å². The van der Waals surface area contributed by atoms with Crippen LogP contribution < -0.4 is 5.73 Å². The van der Waals surface area contributed by atoms with Gasteiger partial charge in [-0.3, -0.25) is 4.79 Å². The number of carbonyl (C=O) groups is 1. The molecule has 0 aliphatic carbocycles. The molecule has 0 radical (unpaired) electrons. The molecular weight excluding hydrogens is 208 g/mol. The maximum Gasteiger partial charge on any atom is 0.247 e. The Morgan fingerprint density at radius 3 is 2.85 bits per heavy atom. The highest BCUT2D eigenvalue weighted by molar-refractivity contribution is 8.01. The monoisotopic (exact) mass is 222 g/mol. The van der Waals surface area contributed by atoms with E-state index in [1.165, 1.54) is 11.8 Å². The van der Waals surface area contributed by atoms with Crippen LogP contribution in [-0.4, -0.2) is 36.2 Å². The quantitative estimate of drug-likeness (QED) is 0.705. The van der Waals surface area contributed by atoms with E-state index in [4.69, 9.17) is 5.73 Å². The number of nitrogens with two attached hydrogens (primary N) is 1. The lowest BCUT2D eigenvalue weighted by Crippen LogP contribution is -2.30. The van der Waals surface area contributed by atoms with Crippen molar-refractivity contribution in [3.8, 4) is 0 Å². The van der Waals surface area contributed by atoms with Crippen molar-refractivity contribution in [1.82, 2.24) is 4.90 Å². The molecule has 0 aromatic carbocycles. The molecule has 1 rings (SSSR count). The zero-order valence-corrected chi connectivity index (χ0v) is 9.24. The summed E-state index contributed by atoms with van der Waals surface area (Å²) in [4.78, 5) is 13.1. The van der Waals surface area contributed by atoms with Crippen LogP contribution in [0.2, 0.25) is 0 Å². The van der Waals surface area contributed by atoms with Gasteiger partial charge in [-0.2, -0.15) is 0 Å². The first kappa shape index (κ1) is 12.8. The van der Waals surface area contributed by atoms with E-state index >= 15 is 0 Å². The Hall–Kier alpha value is -0.190. The van der Waals surface area contributed by atoms with Crippen LogP contribution in [0.1, 0.15) is 6.42 Å². The van der Waals surface area contributed by atoms with Gasteiger partial charge in [-0.05, 0) is 18.1 Å². The molecule has 0 unspecified atom stereocenters. The van der Waals surface area contributed by atoms with Crippen molar-refractivity contribution in [2.24, 2.45) is 5.73 Å². The molecule has 76 valence electrons. The summed E-state index contributed by atoms with van der Waals surface area (Å²) in [5, 5.41) is 1.80. The van der Waals surface area contributed by atoms with Crippen LogP contribution in [0.15, 0.2) is 11.5 Å². The fourth-order valence-electron chi connectivity index (χ4n) is 1.22. The lowest BCUT2D eigenvalue weighted by atomic mass is 10.3. The molecule has 1 heterocycles. The SMILES string of the molecule is CS/C=C/C(=O)N1CC[C@@H](N)C1.Cl. The van der Waals surface area contributed by atoms with Crippen LogP contribution >= 0.6 is 24.2 Å². The van der Waals surface area contributed by atoms with E-state index in [1.54, 1.807) is 16.4 Å². The average molecular weight is 223 g/mol. The van der Waals surface area contributed by atoms with Crippen LogP contribution in [0.3, 0.4) is 0 Å². The summed E-state index contributed by atoms with van der Waals surface area (Å²) in [6.07, 6.45) is 4.46. The highest BCUT2D eigenvalue weighted by Crippen LogP contribution is 2.07. The maximum atomic E-state index is 11.3. The molecule has 1 aliphatic heterocycles. The molecule has 0 bridgehead atoms. The summed E-state index contributed by atoms with van der Waals surface area (Å²) < 4.78 is 0. The number of rotatable bonds is 2. The number of halogens is 1. The number of nitrogens with zero attached hydrogens (tertiary/aromatic N) is 1. The lowest BCUT2D eigenvalue weighted by molar-refractivity contribution is -0.125. The van der Waals surface area contributed by atoms with E-state index in [1.807, 2.05) is 6.26 Å². The second-order valence-electron chi connectivity index (χ2n) is 2.87. The van der Waals surface area contributed by atoms with Gasteiger partial charge >= 0.3 is 0 Å². The van der Waals surface area contributed by atoms with Crippen molar-refractivity contribution >= 4 is 30.1 Å². The number of thioether (sulfide) groups is 1. The minimum atomic E-state index is 0. The van der Waals surface area contributed by atoms with E-state index in [-0.39, 0.29) is 24.4 Å². The minimum Gasteiger partial charge on any atom is -0.338 e. The van der Waals surface area contributed by atoms with Crippen LogP contribution in [0.4, 0.5) is 0 Å². The van der Waals surface area contributed by atoms with Gasteiger partial charge in [-0.1, -0.05) is 0 Å². The van der Waals surface area contributed by atoms with Gasteiger partial charge in [0.1, 0.15) is 0 Å². The summed E-state index contributed by atoms with van der Waals surface area (Å²) in [6.45, 7) is 1.51. The highest BCUT2D eigenvalue weighted by atomic mass is 35.5. The zero-order chi connectivity index (χ0) is 8.97. The molecule has 1 fully saturated rings. The first-order valence-electron chi connectivity index (χ1n) is 3.98. The van der Waals surface area contributed by atoms with Crippen LogP contribution in [-0.2, 0) is 4.79 Å². The second-order valence-corrected chi connectivity index (χ2v) is 3.62. The Kier molecular flexibility index (Phi) is 6.20.